The fourth-order valence-electron chi connectivity index (χ4n) is 2.37. The molecule has 0 bridgehead atoms. The summed E-state index contributed by atoms with van der Waals surface area (Å²) in [6.45, 7) is 0.844. The Hall–Kier alpha value is -3.41. The van der Waals surface area contributed by atoms with E-state index in [2.05, 4.69) is 15.6 Å². The van der Waals surface area contributed by atoms with Crippen LogP contribution in [-0.2, 0) is 11.3 Å². The molecule has 0 saturated heterocycles. The van der Waals surface area contributed by atoms with E-state index in [1.165, 1.54) is 12.1 Å². The van der Waals surface area contributed by atoms with Crippen molar-refractivity contribution in [2.75, 3.05) is 17.2 Å². The third-order valence-electron chi connectivity index (χ3n) is 3.78. The van der Waals surface area contributed by atoms with Crippen molar-refractivity contribution in [2.45, 2.75) is 13.0 Å². The standard InChI is InChI=1S/C21H20FN3O2/c22-17-8-6-16(7-9-17)14-23-20-11-10-18(15-24-20)25-21(26)12-13-27-19-4-2-1-3-5-19/h1-11,15H,12-14H2,(H,23,24)(H,25,26). The van der Waals surface area contributed by atoms with E-state index in [-0.39, 0.29) is 18.1 Å². The van der Waals surface area contributed by atoms with E-state index in [0.717, 1.165) is 11.3 Å². The highest BCUT2D eigenvalue weighted by Gasteiger charge is 2.04. The van der Waals surface area contributed by atoms with Gasteiger partial charge in [0.05, 0.1) is 24.9 Å². The van der Waals surface area contributed by atoms with Gasteiger partial charge in [-0.15, -0.1) is 0 Å². The van der Waals surface area contributed by atoms with Crippen LogP contribution in [0.25, 0.3) is 0 Å². The van der Waals surface area contributed by atoms with E-state index in [1.54, 1.807) is 30.5 Å². The number of hydrogen-bond acceptors (Lipinski definition) is 4. The minimum absolute atomic E-state index is 0.139. The van der Waals surface area contributed by atoms with Crippen molar-refractivity contribution >= 4 is 17.4 Å². The molecule has 27 heavy (non-hydrogen) atoms. The van der Waals surface area contributed by atoms with Gasteiger partial charge in [0, 0.05) is 6.54 Å². The Balaban J connectivity index is 1.41. The van der Waals surface area contributed by atoms with Crippen molar-refractivity contribution in [3.63, 3.8) is 0 Å². The van der Waals surface area contributed by atoms with Gasteiger partial charge in [0.1, 0.15) is 17.4 Å². The zero-order chi connectivity index (χ0) is 18.9. The summed E-state index contributed by atoms with van der Waals surface area (Å²) in [6.07, 6.45) is 1.84. The lowest BCUT2D eigenvalue weighted by molar-refractivity contribution is -0.116. The average molecular weight is 365 g/mol. The van der Waals surface area contributed by atoms with Crippen LogP contribution in [0.15, 0.2) is 72.9 Å². The Labute approximate surface area is 157 Å². The van der Waals surface area contributed by atoms with E-state index in [0.29, 0.717) is 24.7 Å². The molecule has 0 aliphatic heterocycles. The molecule has 0 aliphatic rings. The third kappa shape index (κ3) is 6.11. The van der Waals surface area contributed by atoms with E-state index < -0.39 is 0 Å². The summed E-state index contributed by atoms with van der Waals surface area (Å²) in [5.74, 6) is 1.01. The Kier molecular flexibility index (Phi) is 6.35. The molecule has 0 atom stereocenters. The molecule has 0 radical (unpaired) electrons. The van der Waals surface area contributed by atoms with E-state index >= 15 is 0 Å². The number of nitrogens with one attached hydrogen (secondary N) is 2. The first-order valence-corrected chi connectivity index (χ1v) is 8.61. The van der Waals surface area contributed by atoms with Gasteiger partial charge in [0.25, 0.3) is 0 Å². The van der Waals surface area contributed by atoms with Crippen LogP contribution < -0.4 is 15.4 Å². The van der Waals surface area contributed by atoms with Crippen LogP contribution in [0.5, 0.6) is 5.75 Å². The molecule has 3 rings (SSSR count). The van der Waals surface area contributed by atoms with E-state index in [9.17, 15) is 9.18 Å². The van der Waals surface area contributed by atoms with E-state index in [1.807, 2.05) is 30.3 Å². The van der Waals surface area contributed by atoms with Crippen LogP contribution in [0.4, 0.5) is 15.9 Å². The molecule has 1 aromatic heterocycles. The van der Waals surface area contributed by atoms with Gasteiger partial charge in [-0.25, -0.2) is 9.37 Å². The summed E-state index contributed by atoms with van der Waals surface area (Å²) in [5, 5.41) is 5.93. The lowest BCUT2D eigenvalue weighted by Gasteiger charge is -2.09. The zero-order valence-electron chi connectivity index (χ0n) is 14.7. The molecule has 0 saturated carbocycles. The van der Waals surface area contributed by atoms with Crippen molar-refractivity contribution in [1.29, 1.82) is 0 Å². The number of nitrogens with zero attached hydrogens (tertiary/aromatic N) is 1. The van der Waals surface area contributed by atoms with Gasteiger partial charge in [0.15, 0.2) is 0 Å². The fraction of sp³-hybridized carbons (Fsp3) is 0.143. The smallest absolute Gasteiger partial charge is 0.227 e. The fourth-order valence-corrected chi connectivity index (χ4v) is 2.37. The van der Waals surface area contributed by atoms with Crippen molar-refractivity contribution in [1.82, 2.24) is 4.98 Å². The SMILES string of the molecule is O=C(CCOc1ccccc1)Nc1ccc(NCc2ccc(F)cc2)nc1. The van der Waals surface area contributed by atoms with Crippen molar-refractivity contribution < 1.29 is 13.9 Å². The number of para-hydroxylation sites is 1. The summed E-state index contributed by atoms with van der Waals surface area (Å²) in [6, 6.07) is 19.2. The number of aromatic nitrogens is 1. The number of hydrogen-bond donors (Lipinski definition) is 2. The highest BCUT2D eigenvalue weighted by molar-refractivity contribution is 5.90. The molecule has 0 aliphatic carbocycles. The first-order valence-electron chi connectivity index (χ1n) is 8.61. The Morgan fingerprint density at radius 1 is 1.00 bits per heavy atom. The monoisotopic (exact) mass is 365 g/mol. The van der Waals surface area contributed by atoms with Crippen molar-refractivity contribution in [3.05, 3.63) is 84.3 Å². The maximum Gasteiger partial charge on any atom is 0.227 e. The Morgan fingerprint density at radius 2 is 1.78 bits per heavy atom. The molecule has 2 N–H and O–H groups in total. The number of pyridine rings is 1. The normalized spacial score (nSPS) is 10.3. The lowest BCUT2D eigenvalue weighted by atomic mass is 10.2. The summed E-state index contributed by atoms with van der Waals surface area (Å²) < 4.78 is 18.4. The predicted octanol–water partition coefficient (Wildman–Crippen LogP) is 4.24. The first kappa shape index (κ1) is 18.4. The van der Waals surface area contributed by atoms with Crippen LogP contribution in [0.1, 0.15) is 12.0 Å². The minimum Gasteiger partial charge on any atom is -0.493 e. The lowest BCUT2D eigenvalue weighted by Crippen LogP contribution is -2.15. The molecular weight excluding hydrogens is 345 g/mol. The maximum atomic E-state index is 12.9. The second kappa shape index (κ2) is 9.33. The minimum atomic E-state index is -0.258. The largest absolute Gasteiger partial charge is 0.493 e. The molecule has 6 heteroatoms. The predicted molar refractivity (Wildman–Crippen MR) is 103 cm³/mol. The number of carbonyl (C=O) groups is 1. The third-order valence-corrected chi connectivity index (χ3v) is 3.78. The Bertz CT molecular complexity index is 853. The molecular formula is C21H20FN3O2. The second-order valence-electron chi connectivity index (χ2n) is 5.87. The number of halogens is 1. The highest BCUT2D eigenvalue weighted by Crippen LogP contribution is 2.12. The molecule has 0 unspecified atom stereocenters. The molecule has 138 valence electrons. The summed E-state index contributed by atoms with van der Waals surface area (Å²) in [7, 11) is 0. The van der Waals surface area contributed by atoms with E-state index in [4.69, 9.17) is 4.74 Å². The first-order chi connectivity index (χ1) is 13.2. The van der Waals surface area contributed by atoms with Gasteiger partial charge in [0.2, 0.25) is 5.91 Å². The van der Waals surface area contributed by atoms with Crippen molar-refractivity contribution in [2.24, 2.45) is 0 Å². The average Bonchev–Trinajstić information content (AvgIpc) is 2.69. The van der Waals surface area contributed by atoms with Crippen LogP contribution in [0, 0.1) is 5.82 Å². The van der Waals surface area contributed by atoms with Gasteiger partial charge in [-0.2, -0.15) is 0 Å². The van der Waals surface area contributed by atoms with Crippen LogP contribution in [0.2, 0.25) is 0 Å². The second-order valence-corrected chi connectivity index (χ2v) is 5.87. The van der Waals surface area contributed by atoms with Crippen LogP contribution >= 0.6 is 0 Å². The number of carbonyl (C=O) groups excluding carboxylic acids is 1. The summed E-state index contributed by atoms with van der Waals surface area (Å²) in [5.41, 5.74) is 1.57. The molecule has 2 aromatic carbocycles. The topological polar surface area (TPSA) is 63.2 Å². The molecule has 3 aromatic rings. The Morgan fingerprint density at radius 3 is 2.48 bits per heavy atom. The summed E-state index contributed by atoms with van der Waals surface area (Å²) in [4.78, 5) is 16.2. The number of benzene rings is 2. The van der Waals surface area contributed by atoms with Crippen LogP contribution in [0.3, 0.4) is 0 Å². The number of ether oxygens (including phenoxy) is 1. The highest BCUT2D eigenvalue weighted by atomic mass is 19.1. The zero-order valence-corrected chi connectivity index (χ0v) is 14.7. The van der Waals surface area contributed by atoms with Gasteiger partial charge in [-0.3, -0.25) is 4.79 Å². The quantitative estimate of drug-likeness (QED) is 0.627. The molecule has 5 nitrogen and oxygen atoms in total. The van der Waals surface area contributed by atoms with Crippen LogP contribution in [-0.4, -0.2) is 17.5 Å². The van der Waals surface area contributed by atoms with Gasteiger partial charge >= 0.3 is 0 Å². The van der Waals surface area contributed by atoms with Gasteiger partial charge < -0.3 is 15.4 Å². The number of amides is 1. The number of anilines is 2. The maximum absolute atomic E-state index is 12.9. The van der Waals surface area contributed by atoms with Gasteiger partial charge in [-0.05, 0) is 42.0 Å². The number of rotatable bonds is 8. The summed E-state index contributed by atoms with van der Waals surface area (Å²) >= 11 is 0. The molecule has 0 spiro atoms. The van der Waals surface area contributed by atoms with Gasteiger partial charge in [-0.1, -0.05) is 30.3 Å². The molecule has 1 heterocycles. The molecule has 1 amide bonds. The molecule has 0 fully saturated rings. The van der Waals surface area contributed by atoms with Crippen molar-refractivity contribution in [3.8, 4) is 5.75 Å².